The molecule has 1 aliphatic heterocycles. The van der Waals surface area contributed by atoms with Crippen molar-refractivity contribution in [1.29, 1.82) is 0 Å². The highest BCUT2D eigenvalue weighted by Crippen LogP contribution is 2.22. The van der Waals surface area contributed by atoms with Crippen LogP contribution in [0.4, 0.5) is 0 Å². The van der Waals surface area contributed by atoms with Crippen LogP contribution in [0.1, 0.15) is 25.3 Å². The maximum atomic E-state index is 12.4. The fourth-order valence-corrected chi connectivity index (χ4v) is 3.38. The van der Waals surface area contributed by atoms with Crippen LogP contribution in [0.5, 0.6) is 0 Å². The van der Waals surface area contributed by atoms with Gasteiger partial charge in [-0.1, -0.05) is 18.2 Å². The lowest BCUT2D eigenvalue weighted by Gasteiger charge is -2.31. The lowest BCUT2D eigenvalue weighted by atomic mass is 9.98. The topological polar surface area (TPSA) is 34.5 Å². The summed E-state index contributed by atoms with van der Waals surface area (Å²) < 4.78 is 7.59. The van der Waals surface area contributed by atoms with Gasteiger partial charge in [0, 0.05) is 62.1 Å². The van der Waals surface area contributed by atoms with Gasteiger partial charge in [0.05, 0.1) is 0 Å². The summed E-state index contributed by atoms with van der Waals surface area (Å²) in [5.41, 5.74) is 2.27. The first-order chi connectivity index (χ1) is 11.7. The molecule has 0 saturated carbocycles. The average Bonchev–Trinajstić information content (AvgIpc) is 2.95. The number of piperidine rings is 1. The molecule has 0 bridgehead atoms. The standard InChI is InChI=1S/C20H26N2O2/c1-3-24-15-16-10-12-22(13-11-16)20(23)9-8-17-14-21(2)19-7-5-4-6-18(17)19/h4-9,14,16H,3,10-13,15H2,1-2H3/b9-8+. The quantitative estimate of drug-likeness (QED) is 0.789. The van der Waals surface area contributed by atoms with Crippen molar-refractivity contribution >= 4 is 22.9 Å². The largest absolute Gasteiger partial charge is 0.381 e. The van der Waals surface area contributed by atoms with Gasteiger partial charge in [-0.15, -0.1) is 0 Å². The zero-order valence-corrected chi connectivity index (χ0v) is 14.6. The van der Waals surface area contributed by atoms with E-state index in [9.17, 15) is 4.79 Å². The van der Waals surface area contributed by atoms with Gasteiger partial charge in [0.15, 0.2) is 0 Å². The number of para-hydroxylation sites is 1. The molecule has 0 N–H and O–H groups in total. The Morgan fingerprint density at radius 3 is 2.79 bits per heavy atom. The minimum Gasteiger partial charge on any atom is -0.381 e. The van der Waals surface area contributed by atoms with Gasteiger partial charge in [0.2, 0.25) is 5.91 Å². The summed E-state index contributed by atoms with van der Waals surface area (Å²) >= 11 is 0. The fourth-order valence-electron chi connectivity index (χ4n) is 3.38. The number of amides is 1. The molecule has 1 aromatic heterocycles. The molecule has 128 valence electrons. The van der Waals surface area contributed by atoms with Crippen LogP contribution >= 0.6 is 0 Å². The molecule has 0 atom stereocenters. The van der Waals surface area contributed by atoms with Crippen LogP contribution in [0.3, 0.4) is 0 Å². The second-order valence-corrected chi connectivity index (χ2v) is 6.47. The number of nitrogens with zero attached hydrogens (tertiary/aromatic N) is 2. The first-order valence-electron chi connectivity index (χ1n) is 8.78. The summed E-state index contributed by atoms with van der Waals surface area (Å²) in [6.45, 7) is 5.28. The van der Waals surface area contributed by atoms with E-state index in [1.807, 2.05) is 37.1 Å². The second kappa shape index (κ2) is 7.67. The molecule has 1 amide bonds. The summed E-state index contributed by atoms with van der Waals surface area (Å²) in [5, 5.41) is 1.18. The predicted octanol–water partition coefficient (Wildman–Crippen LogP) is 3.47. The molecule has 1 fully saturated rings. The van der Waals surface area contributed by atoms with Crippen LogP contribution in [0.2, 0.25) is 0 Å². The maximum Gasteiger partial charge on any atom is 0.246 e. The Hall–Kier alpha value is -2.07. The van der Waals surface area contributed by atoms with Crippen molar-refractivity contribution < 1.29 is 9.53 Å². The number of hydrogen-bond donors (Lipinski definition) is 0. The van der Waals surface area contributed by atoms with Crippen molar-refractivity contribution in [2.45, 2.75) is 19.8 Å². The number of hydrogen-bond acceptors (Lipinski definition) is 2. The van der Waals surface area contributed by atoms with E-state index in [1.165, 1.54) is 10.9 Å². The number of rotatable bonds is 5. The molecule has 0 unspecified atom stereocenters. The number of carbonyl (C=O) groups excluding carboxylic acids is 1. The molecule has 0 spiro atoms. The first-order valence-corrected chi connectivity index (χ1v) is 8.78. The minimum atomic E-state index is 0.109. The monoisotopic (exact) mass is 326 g/mol. The Kier molecular flexibility index (Phi) is 5.36. The van der Waals surface area contributed by atoms with E-state index in [4.69, 9.17) is 4.74 Å². The smallest absolute Gasteiger partial charge is 0.246 e. The van der Waals surface area contributed by atoms with Crippen molar-refractivity contribution in [2.75, 3.05) is 26.3 Å². The van der Waals surface area contributed by atoms with Crippen LogP contribution in [-0.2, 0) is 16.6 Å². The van der Waals surface area contributed by atoms with Gasteiger partial charge in [-0.3, -0.25) is 4.79 Å². The molecular weight excluding hydrogens is 300 g/mol. The second-order valence-electron chi connectivity index (χ2n) is 6.47. The Bertz CT molecular complexity index is 724. The summed E-state index contributed by atoms with van der Waals surface area (Å²) in [5.74, 6) is 0.703. The van der Waals surface area contributed by atoms with Gasteiger partial charge in [-0.2, -0.15) is 0 Å². The number of fused-ring (bicyclic) bond motifs is 1. The zero-order chi connectivity index (χ0) is 16.9. The van der Waals surface area contributed by atoms with Crippen molar-refractivity contribution in [1.82, 2.24) is 9.47 Å². The highest BCUT2D eigenvalue weighted by Gasteiger charge is 2.21. The van der Waals surface area contributed by atoms with Crippen LogP contribution in [0, 0.1) is 5.92 Å². The fraction of sp³-hybridized carbons (Fsp3) is 0.450. The summed E-state index contributed by atoms with van der Waals surface area (Å²) in [7, 11) is 2.03. The van der Waals surface area contributed by atoms with Crippen LogP contribution in [0.25, 0.3) is 17.0 Å². The Morgan fingerprint density at radius 2 is 2.04 bits per heavy atom. The molecule has 1 saturated heterocycles. The third-order valence-electron chi connectivity index (χ3n) is 4.82. The molecular formula is C20H26N2O2. The Morgan fingerprint density at radius 1 is 1.29 bits per heavy atom. The first kappa shape index (κ1) is 16.8. The van der Waals surface area contributed by atoms with E-state index in [-0.39, 0.29) is 5.91 Å². The van der Waals surface area contributed by atoms with Gasteiger partial charge in [0.1, 0.15) is 0 Å². The van der Waals surface area contributed by atoms with E-state index < -0.39 is 0 Å². The molecule has 0 aliphatic carbocycles. The van der Waals surface area contributed by atoms with E-state index in [0.29, 0.717) is 5.92 Å². The maximum absolute atomic E-state index is 12.4. The third-order valence-corrected chi connectivity index (χ3v) is 4.82. The van der Waals surface area contributed by atoms with Gasteiger partial charge >= 0.3 is 0 Å². The molecule has 3 rings (SSSR count). The molecule has 4 heteroatoms. The van der Waals surface area contributed by atoms with Crippen LogP contribution in [-0.4, -0.2) is 41.7 Å². The van der Waals surface area contributed by atoms with E-state index in [1.54, 1.807) is 6.08 Å². The minimum absolute atomic E-state index is 0.109. The van der Waals surface area contributed by atoms with E-state index >= 15 is 0 Å². The van der Waals surface area contributed by atoms with Crippen molar-refractivity contribution in [2.24, 2.45) is 13.0 Å². The number of ether oxygens (including phenoxy) is 1. The van der Waals surface area contributed by atoms with Gasteiger partial charge in [-0.25, -0.2) is 0 Å². The molecule has 4 nitrogen and oxygen atoms in total. The molecule has 0 radical (unpaired) electrons. The third kappa shape index (κ3) is 3.70. The average molecular weight is 326 g/mol. The van der Waals surface area contributed by atoms with Gasteiger partial charge in [-0.05, 0) is 37.8 Å². The molecule has 24 heavy (non-hydrogen) atoms. The molecule has 2 heterocycles. The van der Waals surface area contributed by atoms with E-state index in [0.717, 1.165) is 44.7 Å². The molecule has 2 aromatic rings. The van der Waals surface area contributed by atoms with Crippen molar-refractivity contribution in [3.63, 3.8) is 0 Å². The highest BCUT2D eigenvalue weighted by atomic mass is 16.5. The Labute approximate surface area is 143 Å². The predicted molar refractivity (Wildman–Crippen MR) is 97.8 cm³/mol. The van der Waals surface area contributed by atoms with Gasteiger partial charge < -0.3 is 14.2 Å². The SMILES string of the molecule is CCOCC1CCN(C(=O)/C=C/c2cn(C)c3ccccc23)CC1. The van der Waals surface area contributed by atoms with E-state index in [2.05, 4.69) is 22.9 Å². The summed E-state index contributed by atoms with van der Waals surface area (Å²) in [6.07, 6.45) is 7.80. The zero-order valence-electron chi connectivity index (χ0n) is 14.6. The highest BCUT2D eigenvalue weighted by molar-refractivity contribution is 5.96. The normalized spacial score (nSPS) is 16.3. The number of likely N-dealkylation sites (tertiary alicyclic amines) is 1. The number of benzene rings is 1. The van der Waals surface area contributed by atoms with Crippen molar-refractivity contribution in [3.05, 3.63) is 42.1 Å². The van der Waals surface area contributed by atoms with Gasteiger partial charge in [0.25, 0.3) is 0 Å². The number of aromatic nitrogens is 1. The molecule has 1 aliphatic rings. The van der Waals surface area contributed by atoms with Crippen LogP contribution < -0.4 is 0 Å². The lowest BCUT2D eigenvalue weighted by molar-refractivity contribution is -0.127. The van der Waals surface area contributed by atoms with Crippen molar-refractivity contribution in [3.8, 4) is 0 Å². The van der Waals surface area contributed by atoms with Crippen LogP contribution in [0.15, 0.2) is 36.5 Å². The lowest BCUT2D eigenvalue weighted by Crippen LogP contribution is -2.38. The summed E-state index contributed by atoms with van der Waals surface area (Å²) in [6, 6.07) is 8.26. The Balaban J connectivity index is 1.61. The number of aryl methyl sites for hydroxylation is 1. The molecule has 1 aromatic carbocycles. The number of carbonyl (C=O) groups is 1. The summed E-state index contributed by atoms with van der Waals surface area (Å²) in [4.78, 5) is 14.4.